The van der Waals surface area contributed by atoms with Crippen LogP contribution in [0.15, 0.2) is 0 Å². The second-order valence-electron chi connectivity index (χ2n) is 4.79. The Morgan fingerprint density at radius 2 is 1.25 bits per heavy atom. The Hall–Kier alpha value is -0.160. The molecule has 0 atom stereocenters. The summed E-state index contributed by atoms with van der Waals surface area (Å²) < 4.78 is 15.8. The lowest BCUT2D eigenvalue weighted by Gasteiger charge is -2.25. The zero-order valence-electron chi connectivity index (χ0n) is 11.4. The SMILES string of the molecule is COCCN(CCOC)CCOC(C)(C)C. The van der Waals surface area contributed by atoms with Crippen LogP contribution in [0.4, 0.5) is 0 Å². The van der Waals surface area contributed by atoms with Gasteiger partial charge in [-0.2, -0.15) is 0 Å². The van der Waals surface area contributed by atoms with E-state index in [0.29, 0.717) is 0 Å². The van der Waals surface area contributed by atoms with E-state index in [-0.39, 0.29) is 5.60 Å². The molecule has 4 nitrogen and oxygen atoms in total. The molecule has 0 amide bonds. The van der Waals surface area contributed by atoms with Crippen molar-refractivity contribution in [1.29, 1.82) is 0 Å². The molecule has 0 rings (SSSR count). The quantitative estimate of drug-likeness (QED) is 0.602. The van der Waals surface area contributed by atoms with Crippen molar-refractivity contribution in [3.63, 3.8) is 0 Å². The third-order valence-electron chi connectivity index (χ3n) is 2.17. The van der Waals surface area contributed by atoms with Crippen LogP contribution in [0, 0.1) is 0 Å². The minimum atomic E-state index is -0.0613. The molecule has 0 unspecified atom stereocenters. The largest absolute Gasteiger partial charge is 0.383 e. The summed E-state index contributed by atoms with van der Waals surface area (Å²) in [4.78, 5) is 2.29. The maximum Gasteiger partial charge on any atom is 0.0600 e. The van der Waals surface area contributed by atoms with Gasteiger partial charge in [-0.25, -0.2) is 0 Å². The molecule has 0 aliphatic heterocycles. The van der Waals surface area contributed by atoms with Gasteiger partial charge in [0, 0.05) is 33.9 Å². The Morgan fingerprint density at radius 3 is 1.62 bits per heavy atom. The molecule has 0 heterocycles. The van der Waals surface area contributed by atoms with Crippen LogP contribution in [0.1, 0.15) is 20.8 Å². The van der Waals surface area contributed by atoms with Gasteiger partial charge in [-0.1, -0.05) is 0 Å². The van der Waals surface area contributed by atoms with E-state index in [2.05, 4.69) is 25.7 Å². The molecule has 0 saturated heterocycles. The molecule has 4 heteroatoms. The normalized spacial score (nSPS) is 12.4. The highest BCUT2D eigenvalue weighted by atomic mass is 16.5. The van der Waals surface area contributed by atoms with Crippen molar-refractivity contribution in [2.45, 2.75) is 26.4 Å². The summed E-state index contributed by atoms with van der Waals surface area (Å²) in [6, 6.07) is 0. The van der Waals surface area contributed by atoms with Crippen LogP contribution >= 0.6 is 0 Å². The molecular formula is C12H27NO3. The summed E-state index contributed by atoms with van der Waals surface area (Å²) in [5, 5.41) is 0. The third-order valence-corrected chi connectivity index (χ3v) is 2.17. The lowest BCUT2D eigenvalue weighted by atomic mass is 10.2. The van der Waals surface area contributed by atoms with Crippen molar-refractivity contribution in [3.05, 3.63) is 0 Å². The molecule has 0 aromatic heterocycles. The molecule has 16 heavy (non-hydrogen) atoms. The highest BCUT2D eigenvalue weighted by molar-refractivity contribution is 4.61. The molecule has 0 N–H and O–H groups in total. The Labute approximate surface area is 99.9 Å². The van der Waals surface area contributed by atoms with Gasteiger partial charge in [-0.05, 0) is 20.8 Å². The molecule has 0 aliphatic rings. The summed E-state index contributed by atoms with van der Waals surface area (Å²) >= 11 is 0. The minimum absolute atomic E-state index is 0.0613. The lowest BCUT2D eigenvalue weighted by Crippen LogP contribution is -2.35. The van der Waals surface area contributed by atoms with Gasteiger partial charge < -0.3 is 14.2 Å². The van der Waals surface area contributed by atoms with Crippen molar-refractivity contribution in [1.82, 2.24) is 4.90 Å². The van der Waals surface area contributed by atoms with E-state index in [0.717, 1.165) is 39.5 Å². The standard InChI is InChI=1S/C12H27NO3/c1-12(2,3)16-11-8-13(6-9-14-4)7-10-15-5/h6-11H2,1-5H3. The maximum absolute atomic E-state index is 5.70. The van der Waals surface area contributed by atoms with Crippen molar-refractivity contribution in [2.24, 2.45) is 0 Å². The molecule has 0 aliphatic carbocycles. The van der Waals surface area contributed by atoms with Crippen LogP contribution < -0.4 is 0 Å². The molecule has 0 aromatic carbocycles. The van der Waals surface area contributed by atoms with Crippen molar-refractivity contribution >= 4 is 0 Å². The first-order chi connectivity index (χ1) is 7.49. The van der Waals surface area contributed by atoms with Crippen LogP contribution in [0.25, 0.3) is 0 Å². The summed E-state index contributed by atoms with van der Waals surface area (Å²) in [6.07, 6.45) is 0. The second kappa shape index (κ2) is 8.93. The van der Waals surface area contributed by atoms with E-state index in [1.54, 1.807) is 14.2 Å². The molecule has 0 spiro atoms. The van der Waals surface area contributed by atoms with Gasteiger partial charge >= 0.3 is 0 Å². The number of ether oxygens (including phenoxy) is 3. The number of methoxy groups -OCH3 is 2. The Balaban J connectivity index is 3.72. The van der Waals surface area contributed by atoms with Crippen molar-refractivity contribution in [3.8, 4) is 0 Å². The topological polar surface area (TPSA) is 30.9 Å². The first kappa shape index (κ1) is 15.8. The summed E-state index contributed by atoms with van der Waals surface area (Å²) in [6.45, 7) is 11.2. The molecule has 98 valence electrons. The molecule has 0 bridgehead atoms. The predicted molar refractivity (Wildman–Crippen MR) is 65.9 cm³/mol. The second-order valence-corrected chi connectivity index (χ2v) is 4.79. The molecule has 0 saturated carbocycles. The monoisotopic (exact) mass is 233 g/mol. The highest BCUT2D eigenvalue weighted by Crippen LogP contribution is 2.06. The fourth-order valence-corrected chi connectivity index (χ4v) is 1.26. The van der Waals surface area contributed by atoms with E-state index < -0.39 is 0 Å². The Bertz CT molecular complexity index is 149. The highest BCUT2D eigenvalue weighted by Gasteiger charge is 2.11. The van der Waals surface area contributed by atoms with Crippen LogP contribution in [0.3, 0.4) is 0 Å². The van der Waals surface area contributed by atoms with Crippen molar-refractivity contribution < 1.29 is 14.2 Å². The molecule has 0 fully saturated rings. The van der Waals surface area contributed by atoms with E-state index in [1.165, 1.54) is 0 Å². The number of hydrogen-bond donors (Lipinski definition) is 0. The molecule has 0 radical (unpaired) electrons. The van der Waals surface area contributed by atoms with Gasteiger partial charge in [0.05, 0.1) is 25.4 Å². The first-order valence-corrected chi connectivity index (χ1v) is 5.84. The summed E-state index contributed by atoms with van der Waals surface area (Å²) in [5.41, 5.74) is -0.0613. The molecule has 0 aromatic rings. The van der Waals surface area contributed by atoms with Crippen LogP contribution in [0.2, 0.25) is 0 Å². The molecular weight excluding hydrogens is 206 g/mol. The first-order valence-electron chi connectivity index (χ1n) is 5.84. The zero-order valence-corrected chi connectivity index (χ0v) is 11.4. The fourth-order valence-electron chi connectivity index (χ4n) is 1.26. The van der Waals surface area contributed by atoms with Gasteiger partial charge in [0.1, 0.15) is 0 Å². The predicted octanol–water partition coefficient (Wildman–Crippen LogP) is 1.40. The number of hydrogen-bond acceptors (Lipinski definition) is 4. The van der Waals surface area contributed by atoms with Crippen LogP contribution in [0.5, 0.6) is 0 Å². The summed E-state index contributed by atoms with van der Waals surface area (Å²) in [5.74, 6) is 0. The lowest BCUT2D eigenvalue weighted by molar-refractivity contribution is -0.0170. The Kier molecular flexibility index (Phi) is 8.84. The van der Waals surface area contributed by atoms with Crippen molar-refractivity contribution in [2.75, 3.05) is 53.7 Å². The van der Waals surface area contributed by atoms with E-state index >= 15 is 0 Å². The maximum atomic E-state index is 5.70. The Morgan fingerprint density at radius 1 is 0.812 bits per heavy atom. The van der Waals surface area contributed by atoms with E-state index in [1.807, 2.05) is 0 Å². The smallest absolute Gasteiger partial charge is 0.0600 e. The van der Waals surface area contributed by atoms with E-state index in [9.17, 15) is 0 Å². The number of nitrogens with zero attached hydrogens (tertiary/aromatic N) is 1. The van der Waals surface area contributed by atoms with Gasteiger partial charge in [0.25, 0.3) is 0 Å². The van der Waals surface area contributed by atoms with Crippen LogP contribution in [-0.4, -0.2) is 64.2 Å². The van der Waals surface area contributed by atoms with Gasteiger partial charge in [0.15, 0.2) is 0 Å². The third kappa shape index (κ3) is 10.4. The van der Waals surface area contributed by atoms with Crippen LogP contribution in [-0.2, 0) is 14.2 Å². The van der Waals surface area contributed by atoms with E-state index in [4.69, 9.17) is 14.2 Å². The van der Waals surface area contributed by atoms with Gasteiger partial charge in [0.2, 0.25) is 0 Å². The van der Waals surface area contributed by atoms with Gasteiger partial charge in [-0.3, -0.25) is 4.90 Å². The fraction of sp³-hybridized carbons (Fsp3) is 1.00. The van der Waals surface area contributed by atoms with Gasteiger partial charge in [-0.15, -0.1) is 0 Å². The number of rotatable bonds is 9. The average molecular weight is 233 g/mol. The summed E-state index contributed by atoms with van der Waals surface area (Å²) in [7, 11) is 3.44. The minimum Gasteiger partial charge on any atom is -0.383 e. The average Bonchev–Trinajstić information content (AvgIpc) is 2.19. The zero-order chi connectivity index (χ0) is 12.4.